The number of hydrogen-bond donors (Lipinski definition) is 0. The lowest BCUT2D eigenvalue weighted by molar-refractivity contribution is -0.139. The Morgan fingerprint density at radius 3 is 2.43 bits per heavy atom. The predicted molar refractivity (Wildman–Crippen MR) is 187 cm³/mol. The molecule has 4 aliphatic heterocycles. The fourth-order valence-electron chi connectivity index (χ4n) is 8.16. The highest BCUT2D eigenvalue weighted by molar-refractivity contribution is 7.99. The second kappa shape index (κ2) is 14.8. The third-order valence-electron chi connectivity index (χ3n) is 10.7. The molecule has 272 valence electrons. The van der Waals surface area contributed by atoms with E-state index in [0.717, 1.165) is 102 Å². The van der Waals surface area contributed by atoms with Crippen LogP contribution in [0.4, 0.5) is 13.2 Å². The molecule has 5 heterocycles. The van der Waals surface area contributed by atoms with Crippen molar-refractivity contribution >= 4 is 27.7 Å². The van der Waals surface area contributed by atoms with Crippen molar-refractivity contribution in [3.05, 3.63) is 35.0 Å². The first-order chi connectivity index (χ1) is 23.2. The minimum absolute atomic E-state index is 0.153. The quantitative estimate of drug-likeness (QED) is 0.280. The van der Waals surface area contributed by atoms with Gasteiger partial charge in [-0.05, 0) is 69.2 Å². The molecule has 0 atom stereocenters. The number of alkyl halides is 3. The van der Waals surface area contributed by atoms with Crippen molar-refractivity contribution in [2.24, 2.45) is 5.41 Å². The first-order valence-electron chi connectivity index (χ1n) is 17.8. The molecule has 0 aliphatic carbocycles. The summed E-state index contributed by atoms with van der Waals surface area (Å²) in [5.74, 6) is 0.829. The summed E-state index contributed by atoms with van der Waals surface area (Å²) in [5.41, 5.74) is 2.45. The van der Waals surface area contributed by atoms with Crippen LogP contribution in [0.3, 0.4) is 0 Å². The molecule has 3 saturated heterocycles. The Hall–Kier alpha value is -2.13. The van der Waals surface area contributed by atoms with E-state index in [2.05, 4.69) is 28.5 Å². The summed E-state index contributed by atoms with van der Waals surface area (Å²) >= 11 is 1.23. The van der Waals surface area contributed by atoms with E-state index in [1.807, 2.05) is 4.68 Å². The first-order valence-corrected chi connectivity index (χ1v) is 20.6. The number of halogens is 3. The number of amides is 1. The van der Waals surface area contributed by atoms with Gasteiger partial charge in [-0.2, -0.15) is 22.6 Å². The van der Waals surface area contributed by atoms with Crippen molar-refractivity contribution < 1.29 is 26.4 Å². The smallest absolute Gasteiger partial charge is 0.340 e. The van der Waals surface area contributed by atoms with E-state index < -0.39 is 21.8 Å². The van der Waals surface area contributed by atoms with Gasteiger partial charge >= 0.3 is 6.18 Å². The van der Waals surface area contributed by atoms with Crippen LogP contribution in [0.15, 0.2) is 23.1 Å². The predicted octanol–water partition coefficient (Wildman–Crippen LogP) is 5.58. The number of thioether (sulfide) groups is 1. The molecule has 0 bridgehead atoms. The minimum atomic E-state index is -4.49. The van der Waals surface area contributed by atoms with E-state index in [-0.39, 0.29) is 22.8 Å². The Kier molecular flexibility index (Phi) is 11.1. The van der Waals surface area contributed by atoms with Crippen LogP contribution in [0, 0.1) is 5.41 Å². The van der Waals surface area contributed by atoms with E-state index >= 15 is 0 Å². The lowest BCUT2D eigenvalue weighted by Gasteiger charge is -2.38. The van der Waals surface area contributed by atoms with Crippen LogP contribution >= 0.6 is 11.8 Å². The zero-order chi connectivity index (χ0) is 35.0. The van der Waals surface area contributed by atoms with Gasteiger partial charge in [0.15, 0.2) is 0 Å². The van der Waals surface area contributed by atoms with E-state index in [9.17, 15) is 26.4 Å². The van der Waals surface area contributed by atoms with Crippen LogP contribution in [0.2, 0.25) is 0 Å². The highest BCUT2D eigenvalue weighted by Crippen LogP contribution is 2.41. The summed E-state index contributed by atoms with van der Waals surface area (Å²) in [6.07, 6.45) is 3.90. The van der Waals surface area contributed by atoms with Gasteiger partial charge in [-0.25, -0.2) is 8.42 Å². The summed E-state index contributed by atoms with van der Waals surface area (Å²) in [4.78, 5) is 19.2. The topological polar surface area (TPSA) is 82.0 Å². The highest BCUT2D eigenvalue weighted by Gasteiger charge is 2.36. The van der Waals surface area contributed by atoms with Crippen LogP contribution in [-0.4, -0.2) is 114 Å². The highest BCUT2D eigenvalue weighted by atomic mass is 32.2. The lowest BCUT2D eigenvalue weighted by atomic mass is 9.84. The van der Waals surface area contributed by atoms with Gasteiger partial charge in [0, 0.05) is 98.7 Å². The molecule has 4 aliphatic rings. The van der Waals surface area contributed by atoms with Crippen molar-refractivity contribution in [2.45, 2.75) is 95.4 Å². The van der Waals surface area contributed by atoms with Crippen LogP contribution in [0.25, 0.3) is 11.3 Å². The fourth-order valence-corrected chi connectivity index (χ4v) is 10.1. The van der Waals surface area contributed by atoms with Crippen molar-refractivity contribution in [3.8, 4) is 11.3 Å². The third-order valence-corrected chi connectivity index (χ3v) is 13.0. The number of fused-ring (bicyclic) bond motifs is 1. The first kappa shape index (κ1) is 36.7. The second-order valence-corrected chi connectivity index (χ2v) is 18.2. The number of piperidine rings is 2. The number of aryl methyl sites for hydroxylation is 1. The monoisotopic (exact) mass is 724 g/mol. The molecular weight excluding hydrogens is 674 g/mol. The molecule has 14 heteroatoms. The normalized spacial score (nSPS) is 21.8. The molecule has 1 aromatic heterocycles. The summed E-state index contributed by atoms with van der Waals surface area (Å²) in [5, 5.41) is 4.97. The van der Waals surface area contributed by atoms with Crippen LogP contribution < -0.4 is 0 Å². The average Bonchev–Trinajstić information content (AvgIpc) is 3.63. The maximum atomic E-state index is 14.2. The van der Waals surface area contributed by atoms with Crippen LogP contribution in [0.5, 0.6) is 0 Å². The summed E-state index contributed by atoms with van der Waals surface area (Å²) in [6.45, 7) is 11.9. The molecule has 0 radical (unpaired) electrons. The fraction of sp³-hybridized carbons (Fsp3) is 0.714. The largest absolute Gasteiger partial charge is 0.417 e. The number of benzene rings is 1. The van der Waals surface area contributed by atoms with E-state index in [0.29, 0.717) is 49.0 Å². The maximum absolute atomic E-state index is 14.2. The van der Waals surface area contributed by atoms with Gasteiger partial charge in [0.2, 0.25) is 15.9 Å². The van der Waals surface area contributed by atoms with Gasteiger partial charge in [-0.15, -0.1) is 11.8 Å². The number of hydrogen-bond acceptors (Lipinski definition) is 7. The molecule has 0 spiro atoms. The number of carbonyl (C=O) groups is 1. The average molecular weight is 725 g/mol. The second-order valence-electron chi connectivity index (χ2n) is 15.1. The minimum Gasteiger partial charge on any atom is -0.340 e. The lowest BCUT2D eigenvalue weighted by Crippen LogP contribution is -2.45. The Balaban J connectivity index is 1.18. The standard InChI is InChI=1S/C35H51F3N6O3S2/c1-34(2)13-5-14-41(25-34)21-22-48-31-23-26(8-9-29(31)35(36,37)38)33-28-24-42(49(3,46)47)20-12-30(28)44(39-33)17-6-15-40-18-10-27(11-19-40)43-16-4-7-32(43)45/h8-9,23,27H,4-7,10-22,24-25H2,1-3H3. The van der Waals surface area contributed by atoms with Gasteiger partial charge in [-0.1, -0.05) is 19.9 Å². The third kappa shape index (κ3) is 8.85. The SMILES string of the molecule is CC1(C)CCCN(CCSc2cc(-c3nn(CCCN4CCC(N5CCCC5=O)CC4)c4c3CN(S(C)(=O)=O)CC4)ccc2C(F)(F)F)C1. The van der Waals surface area contributed by atoms with Gasteiger partial charge < -0.3 is 14.7 Å². The summed E-state index contributed by atoms with van der Waals surface area (Å²) < 4.78 is 71.1. The maximum Gasteiger partial charge on any atom is 0.417 e. The molecule has 0 unspecified atom stereocenters. The van der Waals surface area contributed by atoms with Gasteiger partial charge in [0.05, 0.1) is 17.5 Å². The molecule has 0 N–H and O–H groups in total. The zero-order valence-corrected chi connectivity index (χ0v) is 30.7. The summed E-state index contributed by atoms with van der Waals surface area (Å²) in [6, 6.07) is 4.59. The van der Waals surface area contributed by atoms with Crippen molar-refractivity contribution in [1.29, 1.82) is 0 Å². The van der Waals surface area contributed by atoms with E-state index in [1.165, 1.54) is 28.4 Å². The number of rotatable bonds is 11. The molecule has 2 aromatic rings. The number of nitrogens with zero attached hydrogens (tertiary/aromatic N) is 6. The molecule has 6 rings (SSSR count). The molecule has 49 heavy (non-hydrogen) atoms. The van der Waals surface area contributed by atoms with Crippen molar-refractivity contribution in [2.75, 3.05) is 64.4 Å². The van der Waals surface area contributed by atoms with E-state index in [4.69, 9.17) is 5.10 Å². The molecule has 9 nitrogen and oxygen atoms in total. The van der Waals surface area contributed by atoms with Crippen molar-refractivity contribution in [3.63, 3.8) is 0 Å². The van der Waals surface area contributed by atoms with Crippen LogP contribution in [-0.2, 0) is 40.5 Å². The Morgan fingerprint density at radius 2 is 1.76 bits per heavy atom. The van der Waals surface area contributed by atoms with E-state index in [1.54, 1.807) is 6.07 Å². The van der Waals surface area contributed by atoms with Gasteiger partial charge in [0.1, 0.15) is 0 Å². The number of carbonyl (C=O) groups excluding carboxylic acids is 1. The number of aromatic nitrogens is 2. The molecule has 3 fully saturated rings. The van der Waals surface area contributed by atoms with Gasteiger partial charge in [-0.3, -0.25) is 9.48 Å². The van der Waals surface area contributed by atoms with Crippen molar-refractivity contribution in [1.82, 2.24) is 28.8 Å². The number of sulfonamides is 1. The Labute approximate surface area is 293 Å². The molecule has 1 amide bonds. The Bertz CT molecular complexity index is 1600. The Morgan fingerprint density at radius 1 is 0.980 bits per heavy atom. The molecule has 0 saturated carbocycles. The number of likely N-dealkylation sites (tertiary alicyclic amines) is 3. The molecule has 1 aromatic carbocycles. The molecular formula is C35H51F3N6O3S2. The zero-order valence-electron chi connectivity index (χ0n) is 29.1. The summed E-state index contributed by atoms with van der Waals surface area (Å²) in [7, 11) is -3.46. The van der Waals surface area contributed by atoms with Gasteiger partial charge in [0.25, 0.3) is 0 Å². The van der Waals surface area contributed by atoms with Crippen LogP contribution in [0.1, 0.15) is 75.6 Å².